The molecule has 0 aromatic heterocycles. The molecule has 1 aromatic rings. The van der Waals surface area contributed by atoms with Crippen molar-refractivity contribution in [3.8, 4) is 0 Å². The van der Waals surface area contributed by atoms with Crippen LogP contribution < -0.4 is 0 Å². The smallest absolute Gasteiger partial charge is 0.123 e. The first-order valence-corrected chi connectivity index (χ1v) is 8.41. The van der Waals surface area contributed by atoms with Crippen LogP contribution in [0.2, 0.25) is 0 Å². The molecule has 23 heavy (non-hydrogen) atoms. The molecule has 0 spiro atoms. The van der Waals surface area contributed by atoms with Crippen LogP contribution in [-0.4, -0.2) is 12.2 Å². The molecule has 0 heterocycles. The second kappa shape index (κ2) is 12.1. The molecule has 0 saturated carbocycles. The Kier molecular flexibility index (Phi) is 11.3. The number of allylic oxidation sites excluding steroid dienone is 2. The lowest BCUT2D eigenvalue weighted by Crippen LogP contribution is -2.27. The van der Waals surface area contributed by atoms with Crippen molar-refractivity contribution in [1.29, 1.82) is 0 Å². The highest BCUT2D eigenvalue weighted by Crippen LogP contribution is 2.18. The van der Waals surface area contributed by atoms with Crippen molar-refractivity contribution in [3.63, 3.8) is 0 Å². The first-order chi connectivity index (χ1) is 10.9. The molecule has 0 bridgehead atoms. The molecular weight excluding hydrogens is 287 g/mol. The summed E-state index contributed by atoms with van der Waals surface area (Å²) in [5, 5.41) is 0. The number of hydrogen-bond donors (Lipinski definition) is 0. The second-order valence-electron chi connectivity index (χ2n) is 6.54. The molecule has 2 heteroatoms. The Morgan fingerprint density at radius 1 is 1.09 bits per heavy atom. The SMILES string of the molecule is C=C.CC(C)=CCCCCCOC(C)(C)Cc1ccc(F)cc1. The van der Waals surface area contributed by atoms with Crippen LogP contribution >= 0.6 is 0 Å². The molecule has 0 amide bonds. The average Bonchev–Trinajstić information content (AvgIpc) is 2.50. The van der Waals surface area contributed by atoms with Crippen molar-refractivity contribution >= 4 is 0 Å². The zero-order valence-corrected chi connectivity index (χ0v) is 15.3. The maximum absolute atomic E-state index is 12.9. The van der Waals surface area contributed by atoms with Gasteiger partial charge in [-0.2, -0.15) is 0 Å². The van der Waals surface area contributed by atoms with E-state index in [2.05, 4.69) is 46.9 Å². The molecule has 0 aliphatic carbocycles. The van der Waals surface area contributed by atoms with E-state index in [9.17, 15) is 4.39 Å². The molecule has 0 atom stereocenters. The summed E-state index contributed by atoms with van der Waals surface area (Å²) in [6.07, 6.45) is 7.80. The van der Waals surface area contributed by atoms with E-state index in [0.29, 0.717) is 0 Å². The number of halogens is 1. The van der Waals surface area contributed by atoms with Crippen molar-refractivity contribution in [1.82, 2.24) is 0 Å². The zero-order valence-electron chi connectivity index (χ0n) is 15.3. The van der Waals surface area contributed by atoms with Crippen LogP contribution in [0.1, 0.15) is 58.9 Å². The van der Waals surface area contributed by atoms with E-state index in [0.717, 1.165) is 25.0 Å². The molecule has 1 nitrogen and oxygen atoms in total. The number of rotatable bonds is 9. The third-order valence-corrected chi connectivity index (χ3v) is 3.44. The Balaban J connectivity index is 0.00000232. The van der Waals surface area contributed by atoms with E-state index in [1.54, 1.807) is 0 Å². The monoisotopic (exact) mass is 320 g/mol. The number of benzene rings is 1. The molecule has 0 unspecified atom stereocenters. The maximum Gasteiger partial charge on any atom is 0.123 e. The lowest BCUT2D eigenvalue weighted by Gasteiger charge is -2.25. The fraction of sp³-hybridized carbons (Fsp3) is 0.524. The minimum absolute atomic E-state index is 0.186. The lowest BCUT2D eigenvalue weighted by molar-refractivity contribution is -0.0186. The van der Waals surface area contributed by atoms with Gasteiger partial charge in [0.15, 0.2) is 0 Å². The fourth-order valence-corrected chi connectivity index (χ4v) is 2.31. The fourth-order valence-electron chi connectivity index (χ4n) is 2.31. The molecule has 1 rings (SSSR count). The molecule has 0 fully saturated rings. The molecule has 1 aromatic carbocycles. The van der Waals surface area contributed by atoms with Gasteiger partial charge in [0.05, 0.1) is 5.60 Å². The quantitative estimate of drug-likeness (QED) is 0.373. The van der Waals surface area contributed by atoms with E-state index in [1.807, 2.05) is 12.1 Å². The summed E-state index contributed by atoms with van der Waals surface area (Å²) in [6, 6.07) is 6.68. The molecule has 0 aliphatic heterocycles. The van der Waals surface area contributed by atoms with Crippen LogP contribution in [0.25, 0.3) is 0 Å². The second-order valence-corrected chi connectivity index (χ2v) is 6.54. The topological polar surface area (TPSA) is 9.23 Å². The van der Waals surface area contributed by atoms with Crippen LogP contribution in [0.15, 0.2) is 49.1 Å². The molecular formula is C21H33FO. The standard InChI is InChI=1S/C19H29FO.C2H4/c1-16(2)9-7-5-6-8-14-21-19(3,4)15-17-10-12-18(20)13-11-17;1-2/h9-13H,5-8,14-15H2,1-4H3;1-2H2. The predicted octanol–water partition coefficient (Wildman–Crippen LogP) is 6.49. The Bertz CT molecular complexity index is 441. The van der Waals surface area contributed by atoms with Crippen molar-refractivity contribution in [2.24, 2.45) is 0 Å². The third-order valence-electron chi connectivity index (χ3n) is 3.44. The van der Waals surface area contributed by atoms with Gasteiger partial charge in [0.1, 0.15) is 5.82 Å². The Hall–Kier alpha value is -1.41. The Morgan fingerprint density at radius 2 is 1.70 bits per heavy atom. The molecule has 130 valence electrons. The highest BCUT2D eigenvalue weighted by molar-refractivity contribution is 5.17. The molecule has 0 N–H and O–H groups in total. The third kappa shape index (κ3) is 11.8. The Morgan fingerprint density at radius 3 is 2.26 bits per heavy atom. The average molecular weight is 320 g/mol. The first-order valence-electron chi connectivity index (χ1n) is 8.41. The van der Waals surface area contributed by atoms with Gasteiger partial charge in [0.25, 0.3) is 0 Å². The summed E-state index contributed by atoms with van der Waals surface area (Å²) in [6.45, 7) is 15.3. The summed E-state index contributed by atoms with van der Waals surface area (Å²) < 4.78 is 18.9. The van der Waals surface area contributed by atoms with Gasteiger partial charge in [-0.15, -0.1) is 13.2 Å². The molecule has 0 aliphatic rings. The summed E-state index contributed by atoms with van der Waals surface area (Å²) >= 11 is 0. The van der Waals surface area contributed by atoms with Crippen LogP contribution in [0.3, 0.4) is 0 Å². The van der Waals surface area contributed by atoms with E-state index in [-0.39, 0.29) is 11.4 Å². The zero-order chi connectivity index (χ0) is 17.7. The first kappa shape index (κ1) is 21.6. The molecule has 0 radical (unpaired) electrons. The van der Waals surface area contributed by atoms with Crippen LogP contribution in [0.4, 0.5) is 4.39 Å². The van der Waals surface area contributed by atoms with Crippen LogP contribution in [-0.2, 0) is 11.2 Å². The van der Waals surface area contributed by atoms with Crippen molar-refractivity contribution in [3.05, 3.63) is 60.5 Å². The van der Waals surface area contributed by atoms with E-state index >= 15 is 0 Å². The number of unbranched alkanes of at least 4 members (excludes halogenated alkanes) is 3. The maximum atomic E-state index is 12.9. The van der Waals surface area contributed by atoms with Gasteiger partial charge in [-0.05, 0) is 64.7 Å². The number of ether oxygens (including phenoxy) is 1. The van der Waals surface area contributed by atoms with Gasteiger partial charge in [0, 0.05) is 13.0 Å². The Labute approximate surface area is 142 Å². The van der Waals surface area contributed by atoms with Crippen molar-refractivity contribution < 1.29 is 9.13 Å². The summed E-state index contributed by atoms with van der Waals surface area (Å²) in [5.74, 6) is -0.186. The lowest BCUT2D eigenvalue weighted by atomic mass is 9.98. The van der Waals surface area contributed by atoms with Gasteiger partial charge < -0.3 is 4.74 Å². The summed E-state index contributed by atoms with van der Waals surface area (Å²) in [4.78, 5) is 0. The van der Waals surface area contributed by atoms with E-state index in [4.69, 9.17) is 4.74 Å². The number of hydrogen-bond acceptors (Lipinski definition) is 1. The van der Waals surface area contributed by atoms with E-state index in [1.165, 1.54) is 37.0 Å². The van der Waals surface area contributed by atoms with Crippen molar-refractivity contribution in [2.75, 3.05) is 6.61 Å². The molecule has 0 saturated heterocycles. The van der Waals surface area contributed by atoms with Gasteiger partial charge in [-0.1, -0.05) is 30.2 Å². The minimum Gasteiger partial charge on any atom is -0.375 e. The summed E-state index contributed by atoms with van der Waals surface area (Å²) in [5.41, 5.74) is 2.31. The predicted molar refractivity (Wildman–Crippen MR) is 99.3 cm³/mol. The van der Waals surface area contributed by atoms with Crippen LogP contribution in [0.5, 0.6) is 0 Å². The van der Waals surface area contributed by atoms with Gasteiger partial charge in [0.2, 0.25) is 0 Å². The van der Waals surface area contributed by atoms with Crippen molar-refractivity contribution in [2.45, 2.75) is 65.4 Å². The van der Waals surface area contributed by atoms with Gasteiger partial charge in [-0.25, -0.2) is 4.39 Å². The minimum atomic E-state index is -0.197. The highest BCUT2D eigenvalue weighted by Gasteiger charge is 2.18. The normalized spacial score (nSPS) is 10.7. The van der Waals surface area contributed by atoms with Gasteiger partial charge in [-0.3, -0.25) is 0 Å². The summed E-state index contributed by atoms with van der Waals surface area (Å²) in [7, 11) is 0. The van der Waals surface area contributed by atoms with Gasteiger partial charge >= 0.3 is 0 Å². The largest absolute Gasteiger partial charge is 0.375 e. The highest BCUT2D eigenvalue weighted by atomic mass is 19.1. The van der Waals surface area contributed by atoms with E-state index < -0.39 is 0 Å². The van der Waals surface area contributed by atoms with Crippen LogP contribution in [0, 0.1) is 5.82 Å².